The Kier molecular flexibility index (Phi) is 8.67. The van der Waals surface area contributed by atoms with Crippen molar-refractivity contribution in [2.75, 3.05) is 26.2 Å². The number of piperazine rings is 1. The van der Waals surface area contributed by atoms with Crippen LogP contribution in [-0.4, -0.2) is 31.1 Å². The maximum Gasteiger partial charge on any atom is 0.0346 e. The number of halogens is 2. The van der Waals surface area contributed by atoms with Crippen molar-refractivity contribution in [2.45, 2.75) is 33.2 Å². The van der Waals surface area contributed by atoms with Crippen LogP contribution in [0.1, 0.15) is 36.1 Å². The number of hydrogen-bond donors (Lipinski definition) is 1. The monoisotopic (exact) mass is 304 g/mol. The van der Waals surface area contributed by atoms with Gasteiger partial charge in [-0.1, -0.05) is 36.2 Å². The molecule has 1 N–H and O–H groups in total. The first-order valence-electron chi connectivity index (χ1n) is 6.73. The first-order valence-corrected chi connectivity index (χ1v) is 6.73. The lowest BCUT2D eigenvalue weighted by Crippen LogP contribution is -2.45. The Balaban J connectivity index is 0.00000162. The highest BCUT2D eigenvalue weighted by Crippen LogP contribution is 2.26. The van der Waals surface area contributed by atoms with Crippen LogP contribution in [0.2, 0.25) is 0 Å². The molecule has 1 atom stereocenters. The number of hydrogen-bond acceptors (Lipinski definition) is 2. The minimum atomic E-state index is 0. The summed E-state index contributed by atoms with van der Waals surface area (Å²) in [5.41, 5.74) is 4.26. The van der Waals surface area contributed by atoms with E-state index in [1.807, 2.05) is 0 Å². The van der Waals surface area contributed by atoms with E-state index in [0.29, 0.717) is 6.04 Å². The van der Waals surface area contributed by atoms with Crippen LogP contribution in [0, 0.1) is 13.8 Å². The number of benzene rings is 1. The SMILES string of the molecule is CC[C@H](c1cc(C)cc(C)c1)N1CCNCC1.Cl.Cl. The van der Waals surface area contributed by atoms with Crippen LogP contribution in [0.5, 0.6) is 0 Å². The molecule has 2 rings (SSSR count). The van der Waals surface area contributed by atoms with Crippen molar-refractivity contribution in [3.8, 4) is 0 Å². The summed E-state index contributed by atoms with van der Waals surface area (Å²) in [7, 11) is 0. The van der Waals surface area contributed by atoms with E-state index in [1.165, 1.54) is 36.2 Å². The molecule has 0 aliphatic carbocycles. The summed E-state index contributed by atoms with van der Waals surface area (Å²) in [4.78, 5) is 2.62. The van der Waals surface area contributed by atoms with Crippen molar-refractivity contribution >= 4 is 24.8 Å². The van der Waals surface area contributed by atoms with Crippen molar-refractivity contribution in [1.29, 1.82) is 0 Å². The third-order valence-electron chi connectivity index (χ3n) is 3.61. The second-order valence-corrected chi connectivity index (χ2v) is 5.13. The maximum atomic E-state index is 3.43. The number of aryl methyl sites for hydroxylation is 2. The van der Waals surface area contributed by atoms with E-state index in [1.54, 1.807) is 0 Å². The number of nitrogens with zero attached hydrogens (tertiary/aromatic N) is 1. The van der Waals surface area contributed by atoms with Gasteiger partial charge in [0, 0.05) is 32.2 Å². The highest BCUT2D eigenvalue weighted by atomic mass is 35.5. The van der Waals surface area contributed by atoms with Gasteiger partial charge in [-0.25, -0.2) is 0 Å². The first-order chi connectivity index (χ1) is 8.20. The van der Waals surface area contributed by atoms with Crippen LogP contribution >= 0.6 is 24.8 Å². The molecule has 1 fully saturated rings. The zero-order valence-electron chi connectivity index (χ0n) is 12.1. The molecule has 0 saturated carbocycles. The smallest absolute Gasteiger partial charge is 0.0346 e. The molecule has 2 nitrogen and oxygen atoms in total. The zero-order valence-corrected chi connectivity index (χ0v) is 13.7. The van der Waals surface area contributed by atoms with Gasteiger partial charge in [0.25, 0.3) is 0 Å². The van der Waals surface area contributed by atoms with Gasteiger partial charge in [-0.2, -0.15) is 0 Å². The van der Waals surface area contributed by atoms with E-state index in [2.05, 4.69) is 49.2 Å². The average Bonchev–Trinajstić information content (AvgIpc) is 2.30. The minimum absolute atomic E-state index is 0. The van der Waals surface area contributed by atoms with Crippen LogP contribution in [-0.2, 0) is 0 Å². The summed E-state index contributed by atoms with van der Waals surface area (Å²) in [5, 5.41) is 3.43. The van der Waals surface area contributed by atoms with Crippen molar-refractivity contribution < 1.29 is 0 Å². The summed E-state index contributed by atoms with van der Waals surface area (Å²) < 4.78 is 0. The Morgan fingerprint density at radius 2 is 1.58 bits per heavy atom. The van der Waals surface area contributed by atoms with Gasteiger partial charge >= 0.3 is 0 Å². The molecule has 110 valence electrons. The summed E-state index contributed by atoms with van der Waals surface area (Å²) in [6, 6.07) is 7.55. The van der Waals surface area contributed by atoms with Gasteiger partial charge in [-0.05, 0) is 25.8 Å². The summed E-state index contributed by atoms with van der Waals surface area (Å²) in [6.07, 6.45) is 1.20. The molecule has 4 heteroatoms. The molecule has 1 aliphatic rings. The Bertz CT molecular complexity index is 356. The van der Waals surface area contributed by atoms with Crippen LogP contribution in [0.3, 0.4) is 0 Å². The molecular weight excluding hydrogens is 279 g/mol. The summed E-state index contributed by atoms with van der Waals surface area (Å²) in [5.74, 6) is 0. The standard InChI is InChI=1S/C15H24N2.2ClH/c1-4-15(17-7-5-16-6-8-17)14-10-12(2)9-13(3)11-14;;/h9-11,15-16H,4-8H2,1-3H3;2*1H/t15-;;/m1../s1. The van der Waals surface area contributed by atoms with Gasteiger partial charge in [0.15, 0.2) is 0 Å². The highest BCUT2D eigenvalue weighted by molar-refractivity contribution is 5.85. The van der Waals surface area contributed by atoms with Gasteiger partial charge in [0.2, 0.25) is 0 Å². The second kappa shape index (κ2) is 8.80. The van der Waals surface area contributed by atoms with E-state index in [4.69, 9.17) is 0 Å². The quantitative estimate of drug-likeness (QED) is 0.919. The molecule has 19 heavy (non-hydrogen) atoms. The molecule has 1 heterocycles. The average molecular weight is 305 g/mol. The number of rotatable bonds is 3. The third kappa shape index (κ3) is 4.96. The predicted octanol–water partition coefficient (Wildman–Crippen LogP) is 3.50. The van der Waals surface area contributed by atoms with Crippen molar-refractivity contribution in [3.63, 3.8) is 0 Å². The van der Waals surface area contributed by atoms with Gasteiger partial charge in [0.1, 0.15) is 0 Å². The summed E-state index contributed by atoms with van der Waals surface area (Å²) in [6.45, 7) is 11.3. The summed E-state index contributed by atoms with van der Waals surface area (Å²) >= 11 is 0. The fourth-order valence-corrected chi connectivity index (χ4v) is 2.90. The lowest BCUT2D eigenvalue weighted by atomic mass is 9.98. The molecule has 1 saturated heterocycles. The van der Waals surface area contributed by atoms with Gasteiger partial charge in [0.05, 0.1) is 0 Å². The van der Waals surface area contributed by atoms with Gasteiger partial charge in [-0.15, -0.1) is 24.8 Å². The van der Waals surface area contributed by atoms with Crippen molar-refractivity contribution in [1.82, 2.24) is 10.2 Å². The third-order valence-corrected chi connectivity index (χ3v) is 3.61. The van der Waals surface area contributed by atoms with E-state index < -0.39 is 0 Å². The lowest BCUT2D eigenvalue weighted by molar-refractivity contribution is 0.169. The van der Waals surface area contributed by atoms with Crippen LogP contribution in [0.4, 0.5) is 0 Å². The molecule has 0 amide bonds. The van der Waals surface area contributed by atoms with E-state index in [0.717, 1.165) is 13.1 Å². The molecule has 0 unspecified atom stereocenters. The molecular formula is C15H26Cl2N2. The van der Waals surface area contributed by atoms with Crippen LogP contribution in [0.15, 0.2) is 18.2 Å². The fourth-order valence-electron chi connectivity index (χ4n) is 2.90. The molecule has 0 aromatic heterocycles. The molecule has 1 aromatic carbocycles. The number of nitrogens with one attached hydrogen (secondary N) is 1. The molecule has 1 aromatic rings. The predicted molar refractivity (Wildman–Crippen MR) is 87.9 cm³/mol. The lowest BCUT2D eigenvalue weighted by Gasteiger charge is -2.35. The maximum absolute atomic E-state index is 3.43. The van der Waals surface area contributed by atoms with E-state index >= 15 is 0 Å². The fraction of sp³-hybridized carbons (Fsp3) is 0.600. The van der Waals surface area contributed by atoms with Crippen molar-refractivity contribution in [3.05, 3.63) is 34.9 Å². The van der Waals surface area contributed by atoms with Crippen molar-refractivity contribution in [2.24, 2.45) is 0 Å². The molecule has 0 radical (unpaired) electrons. The topological polar surface area (TPSA) is 15.3 Å². The molecule has 0 spiro atoms. The molecule has 0 bridgehead atoms. The Morgan fingerprint density at radius 1 is 1.05 bits per heavy atom. The zero-order chi connectivity index (χ0) is 12.3. The molecule has 1 aliphatic heterocycles. The first kappa shape index (κ1) is 18.7. The van der Waals surface area contributed by atoms with Crippen LogP contribution < -0.4 is 5.32 Å². The van der Waals surface area contributed by atoms with E-state index in [9.17, 15) is 0 Å². The minimum Gasteiger partial charge on any atom is -0.314 e. The highest BCUT2D eigenvalue weighted by Gasteiger charge is 2.20. The van der Waals surface area contributed by atoms with E-state index in [-0.39, 0.29) is 24.8 Å². The Hall–Kier alpha value is -0.280. The van der Waals surface area contributed by atoms with Gasteiger partial charge < -0.3 is 5.32 Å². The largest absolute Gasteiger partial charge is 0.314 e. The Labute approximate surface area is 129 Å². The van der Waals surface area contributed by atoms with Crippen LogP contribution in [0.25, 0.3) is 0 Å². The van der Waals surface area contributed by atoms with Gasteiger partial charge in [-0.3, -0.25) is 4.90 Å². The normalized spacial score (nSPS) is 17.2. The second-order valence-electron chi connectivity index (χ2n) is 5.13. The Morgan fingerprint density at radius 3 is 2.05 bits per heavy atom.